The molecule has 19 heavy (non-hydrogen) atoms. The number of hydrogen-bond donors (Lipinski definition) is 0. The van der Waals surface area contributed by atoms with E-state index in [1.165, 1.54) is 16.7 Å². The molecule has 0 aliphatic carbocycles. The van der Waals surface area contributed by atoms with E-state index in [-0.39, 0.29) is 5.78 Å². The lowest BCUT2D eigenvalue weighted by molar-refractivity contribution is 0.0988. The molecule has 0 bridgehead atoms. The van der Waals surface area contributed by atoms with Gasteiger partial charge in [-0.2, -0.15) is 0 Å². The van der Waals surface area contributed by atoms with Crippen molar-refractivity contribution >= 4 is 21.7 Å². The summed E-state index contributed by atoms with van der Waals surface area (Å²) in [5.41, 5.74) is 5.20. The highest BCUT2D eigenvalue weighted by atomic mass is 79.9. The number of pyridine rings is 1. The van der Waals surface area contributed by atoms with Gasteiger partial charge in [-0.1, -0.05) is 17.7 Å². The molecule has 2 rings (SSSR count). The van der Waals surface area contributed by atoms with Crippen molar-refractivity contribution in [3.8, 4) is 0 Å². The van der Waals surface area contributed by atoms with Crippen molar-refractivity contribution in [3.05, 3.63) is 62.9 Å². The fraction of sp³-hybridized carbons (Fsp3) is 0.250. The summed E-state index contributed by atoms with van der Waals surface area (Å²) in [6, 6.07) is 7.83. The summed E-state index contributed by atoms with van der Waals surface area (Å²) in [7, 11) is 0. The Bertz CT molecular complexity index is 594. The number of rotatable bonds is 3. The third-order valence-corrected chi connectivity index (χ3v) is 3.66. The van der Waals surface area contributed by atoms with Crippen LogP contribution in [0.5, 0.6) is 0 Å². The van der Waals surface area contributed by atoms with Gasteiger partial charge >= 0.3 is 0 Å². The normalized spacial score (nSPS) is 10.5. The second-order valence-electron chi connectivity index (χ2n) is 4.84. The predicted molar refractivity (Wildman–Crippen MR) is 80.6 cm³/mol. The first kappa shape index (κ1) is 13.9. The maximum Gasteiger partial charge on any atom is 0.185 e. The van der Waals surface area contributed by atoms with Gasteiger partial charge in [0.15, 0.2) is 5.78 Å². The van der Waals surface area contributed by atoms with E-state index in [2.05, 4.69) is 53.8 Å². The number of ketones is 1. The number of aromatic nitrogens is 1. The van der Waals surface area contributed by atoms with E-state index in [1.54, 1.807) is 12.3 Å². The van der Waals surface area contributed by atoms with Crippen LogP contribution in [0.15, 0.2) is 34.9 Å². The van der Waals surface area contributed by atoms with Gasteiger partial charge in [0.2, 0.25) is 0 Å². The Morgan fingerprint density at radius 1 is 1.16 bits per heavy atom. The Hall–Kier alpha value is -1.48. The predicted octanol–water partition coefficient (Wildman–Crippen LogP) is 4.19. The SMILES string of the molecule is Cc1cc(C)c(CC(=O)c2ccc(Br)cn2)c(C)c1. The van der Waals surface area contributed by atoms with E-state index in [4.69, 9.17) is 0 Å². The Balaban J connectivity index is 2.26. The van der Waals surface area contributed by atoms with Crippen LogP contribution in [0, 0.1) is 20.8 Å². The number of nitrogens with zero attached hydrogens (tertiary/aromatic N) is 1. The van der Waals surface area contributed by atoms with Crippen molar-refractivity contribution < 1.29 is 4.79 Å². The standard InChI is InChI=1S/C16H16BrNO/c1-10-6-11(2)14(12(3)7-10)8-16(19)15-5-4-13(17)9-18-15/h4-7,9H,8H2,1-3H3. The number of hydrogen-bond acceptors (Lipinski definition) is 2. The van der Waals surface area contributed by atoms with Crippen molar-refractivity contribution in [2.75, 3.05) is 0 Å². The summed E-state index contributed by atoms with van der Waals surface area (Å²) in [6.07, 6.45) is 2.06. The molecule has 0 atom stereocenters. The first-order chi connectivity index (χ1) is 8.97. The minimum absolute atomic E-state index is 0.0579. The van der Waals surface area contributed by atoms with Crippen LogP contribution in [0.25, 0.3) is 0 Å². The van der Waals surface area contributed by atoms with E-state index in [1.807, 2.05) is 6.07 Å². The molecule has 0 amide bonds. The summed E-state index contributed by atoms with van der Waals surface area (Å²) in [6.45, 7) is 6.18. The zero-order chi connectivity index (χ0) is 14.0. The number of aryl methyl sites for hydroxylation is 3. The van der Waals surface area contributed by atoms with Crippen LogP contribution in [0.2, 0.25) is 0 Å². The summed E-state index contributed by atoms with van der Waals surface area (Å²) < 4.78 is 0.881. The number of benzene rings is 1. The van der Waals surface area contributed by atoms with E-state index >= 15 is 0 Å². The van der Waals surface area contributed by atoms with Crippen molar-refractivity contribution in [2.45, 2.75) is 27.2 Å². The van der Waals surface area contributed by atoms with Crippen molar-refractivity contribution in [2.24, 2.45) is 0 Å². The van der Waals surface area contributed by atoms with Gasteiger partial charge in [0.1, 0.15) is 5.69 Å². The fourth-order valence-electron chi connectivity index (χ4n) is 2.28. The quantitative estimate of drug-likeness (QED) is 0.794. The fourth-order valence-corrected chi connectivity index (χ4v) is 2.52. The Kier molecular flexibility index (Phi) is 4.15. The van der Waals surface area contributed by atoms with Crippen molar-refractivity contribution in [1.29, 1.82) is 0 Å². The number of carbonyl (C=O) groups excluding carboxylic acids is 1. The highest BCUT2D eigenvalue weighted by molar-refractivity contribution is 9.10. The largest absolute Gasteiger partial charge is 0.292 e. The summed E-state index contributed by atoms with van der Waals surface area (Å²) in [5, 5.41) is 0. The lowest BCUT2D eigenvalue weighted by Gasteiger charge is -2.10. The molecule has 0 spiro atoms. The molecule has 0 unspecified atom stereocenters. The smallest absolute Gasteiger partial charge is 0.185 e. The molecule has 1 aromatic heterocycles. The Morgan fingerprint density at radius 2 is 1.79 bits per heavy atom. The average molecular weight is 318 g/mol. The van der Waals surface area contributed by atoms with Gasteiger partial charge in [-0.15, -0.1) is 0 Å². The first-order valence-corrected chi connectivity index (χ1v) is 6.98. The molecule has 1 heterocycles. The van der Waals surface area contributed by atoms with Crippen LogP contribution < -0.4 is 0 Å². The monoisotopic (exact) mass is 317 g/mol. The van der Waals surface area contributed by atoms with Gasteiger partial charge in [0.25, 0.3) is 0 Å². The molecule has 0 saturated carbocycles. The van der Waals surface area contributed by atoms with Gasteiger partial charge in [0, 0.05) is 17.1 Å². The molecule has 1 aromatic carbocycles. The Labute approximate surface area is 122 Å². The van der Waals surface area contributed by atoms with Crippen LogP contribution in [0.3, 0.4) is 0 Å². The maximum atomic E-state index is 12.2. The van der Waals surface area contributed by atoms with E-state index < -0.39 is 0 Å². The molecular formula is C16H16BrNO. The molecule has 3 heteroatoms. The molecule has 0 saturated heterocycles. The van der Waals surface area contributed by atoms with Crippen LogP contribution in [0.4, 0.5) is 0 Å². The van der Waals surface area contributed by atoms with Crippen molar-refractivity contribution in [1.82, 2.24) is 4.98 Å². The van der Waals surface area contributed by atoms with E-state index in [0.717, 1.165) is 10.0 Å². The zero-order valence-corrected chi connectivity index (χ0v) is 12.9. The molecule has 0 aliphatic rings. The minimum Gasteiger partial charge on any atom is -0.292 e. The third-order valence-electron chi connectivity index (χ3n) is 3.19. The summed E-state index contributed by atoms with van der Waals surface area (Å²) >= 11 is 3.32. The number of halogens is 1. The van der Waals surface area contributed by atoms with Crippen LogP contribution in [-0.2, 0) is 6.42 Å². The lowest BCUT2D eigenvalue weighted by Crippen LogP contribution is -2.08. The first-order valence-electron chi connectivity index (χ1n) is 6.19. The van der Waals surface area contributed by atoms with Crippen LogP contribution in [0.1, 0.15) is 32.7 Å². The molecule has 0 aliphatic heterocycles. The number of carbonyl (C=O) groups is 1. The van der Waals surface area contributed by atoms with E-state index in [0.29, 0.717) is 12.1 Å². The molecule has 2 nitrogen and oxygen atoms in total. The number of Topliss-reactive ketones (excluding diaryl/α,β-unsaturated/α-hetero) is 1. The molecular weight excluding hydrogens is 302 g/mol. The molecule has 98 valence electrons. The van der Waals surface area contributed by atoms with Gasteiger partial charge in [-0.3, -0.25) is 9.78 Å². The topological polar surface area (TPSA) is 30.0 Å². The highest BCUT2D eigenvalue weighted by Crippen LogP contribution is 2.18. The lowest BCUT2D eigenvalue weighted by atomic mass is 9.95. The summed E-state index contributed by atoms with van der Waals surface area (Å²) in [4.78, 5) is 16.4. The molecule has 2 aromatic rings. The Morgan fingerprint density at radius 3 is 2.32 bits per heavy atom. The van der Waals surface area contributed by atoms with Gasteiger partial charge in [-0.25, -0.2) is 0 Å². The second-order valence-corrected chi connectivity index (χ2v) is 5.75. The highest BCUT2D eigenvalue weighted by Gasteiger charge is 2.12. The summed E-state index contributed by atoms with van der Waals surface area (Å²) in [5.74, 6) is 0.0579. The van der Waals surface area contributed by atoms with Gasteiger partial charge < -0.3 is 0 Å². The average Bonchev–Trinajstić information content (AvgIpc) is 2.34. The van der Waals surface area contributed by atoms with Crippen LogP contribution >= 0.6 is 15.9 Å². The van der Waals surface area contributed by atoms with E-state index in [9.17, 15) is 4.79 Å². The molecule has 0 fully saturated rings. The second kappa shape index (κ2) is 5.66. The van der Waals surface area contributed by atoms with Gasteiger partial charge in [0.05, 0.1) is 0 Å². The maximum absolute atomic E-state index is 12.2. The minimum atomic E-state index is 0.0579. The molecule has 0 N–H and O–H groups in total. The third kappa shape index (κ3) is 3.29. The van der Waals surface area contributed by atoms with Crippen molar-refractivity contribution in [3.63, 3.8) is 0 Å². The van der Waals surface area contributed by atoms with Gasteiger partial charge in [-0.05, 0) is 65.5 Å². The zero-order valence-electron chi connectivity index (χ0n) is 11.3. The van der Waals surface area contributed by atoms with Crippen LogP contribution in [-0.4, -0.2) is 10.8 Å². The molecule has 0 radical (unpaired) electrons.